The third-order valence-electron chi connectivity index (χ3n) is 1.48. The molecule has 0 aliphatic carbocycles. The highest BCUT2D eigenvalue weighted by Gasteiger charge is 1.94. The van der Waals surface area contributed by atoms with Crippen LogP contribution in [0.25, 0.3) is 0 Å². The van der Waals surface area contributed by atoms with Crippen LogP contribution in [-0.4, -0.2) is 48.9 Å². The van der Waals surface area contributed by atoms with Crippen LogP contribution in [0.1, 0.15) is 13.8 Å². The smallest absolute Gasteiger partial charge is 0.166 e. The number of rotatable bonds is 7. The van der Waals surface area contributed by atoms with Crippen molar-refractivity contribution in [3.05, 3.63) is 0 Å². The molecule has 0 atom stereocenters. The van der Waals surface area contributed by atoms with Crippen LogP contribution in [-0.2, 0) is 0 Å². The second kappa shape index (κ2) is 17.1. The molecule has 0 aliphatic heterocycles. The molecule has 4 nitrogen and oxygen atoms in total. The van der Waals surface area contributed by atoms with Gasteiger partial charge in [-0.1, -0.05) is 35.4 Å². The van der Waals surface area contributed by atoms with Gasteiger partial charge in [0.05, 0.1) is 0 Å². The lowest BCUT2D eigenvalue weighted by Crippen LogP contribution is -2.34. The normalized spacial score (nSPS) is 8.67. The first-order valence-corrected chi connectivity index (χ1v) is 9.16. The van der Waals surface area contributed by atoms with Gasteiger partial charge in [0.25, 0.3) is 0 Å². The molecule has 0 saturated heterocycles. The van der Waals surface area contributed by atoms with Crippen molar-refractivity contribution in [2.75, 3.05) is 38.7 Å². The van der Waals surface area contributed by atoms with E-state index in [4.69, 9.17) is 24.4 Å². The Morgan fingerprint density at radius 3 is 1.44 bits per heavy atom. The van der Waals surface area contributed by atoms with Gasteiger partial charge in [-0.3, -0.25) is 0 Å². The second-order valence-corrected chi connectivity index (χ2v) is 6.17. The molecule has 0 spiro atoms. The molecule has 0 unspecified atom stereocenters. The van der Waals surface area contributed by atoms with Crippen LogP contribution in [0, 0.1) is 0 Å². The van der Waals surface area contributed by atoms with Gasteiger partial charge in [0, 0.05) is 38.7 Å². The van der Waals surface area contributed by atoms with Crippen molar-refractivity contribution < 1.29 is 0 Å². The zero-order valence-corrected chi connectivity index (χ0v) is 14.7. The quantitative estimate of drug-likeness (QED) is 0.319. The zero-order chi connectivity index (χ0) is 14.2. The van der Waals surface area contributed by atoms with Crippen molar-refractivity contribution in [2.45, 2.75) is 13.8 Å². The highest BCUT2D eigenvalue weighted by Crippen LogP contribution is 2.19. The molecule has 0 aromatic heterocycles. The van der Waals surface area contributed by atoms with Crippen molar-refractivity contribution in [2.24, 2.45) is 0 Å². The van der Waals surface area contributed by atoms with Crippen LogP contribution in [0.5, 0.6) is 0 Å². The number of nitrogens with one attached hydrogen (secondary N) is 4. The highest BCUT2D eigenvalue weighted by atomic mass is 33.1. The monoisotopic (exact) mass is 328 g/mol. The molecule has 18 heavy (non-hydrogen) atoms. The Kier molecular flexibility index (Phi) is 19.4. The van der Waals surface area contributed by atoms with Crippen LogP contribution in [0.4, 0.5) is 0 Å². The molecular formula is C10H24N4S4. The Labute approximate surface area is 130 Å². The van der Waals surface area contributed by atoms with E-state index in [1.807, 2.05) is 49.5 Å². The Morgan fingerprint density at radius 2 is 1.17 bits per heavy atom. The van der Waals surface area contributed by atoms with Gasteiger partial charge in [0.15, 0.2) is 10.2 Å². The zero-order valence-electron chi connectivity index (χ0n) is 11.5. The lowest BCUT2D eigenvalue weighted by atomic mass is 10.7. The summed E-state index contributed by atoms with van der Waals surface area (Å²) < 4.78 is 0. The fraction of sp³-hybridized carbons (Fsp3) is 0.800. The predicted octanol–water partition coefficient (Wildman–Crippen LogP) is 1.58. The van der Waals surface area contributed by atoms with Crippen LogP contribution >= 0.6 is 46.0 Å². The van der Waals surface area contributed by atoms with Crippen molar-refractivity contribution in [1.29, 1.82) is 0 Å². The minimum absolute atomic E-state index is 0.701. The SMILES string of the molecule is CC.CNC(=S)NCCSSCCNC(=S)NC. The summed E-state index contributed by atoms with van der Waals surface area (Å²) in [6.45, 7) is 5.78. The largest absolute Gasteiger partial charge is 0.366 e. The molecule has 4 N–H and O–H groups in total. The maximum atomic E-state index is 4.95. The minimum atomic E-state index is 0.701. The highest BCUT2D eigenvalue weighted by molar-refractivity contribution is 8.76. The fourth-order valence-electron chi connectivity index (χ4n) is 0.707. The summed E-state index contributed by atoms with van der Waals surface area (Å²) in [4.78, 5) is 0. The van der Waals surface area contributed by atoms with E-state index in [2.05, 4.69) is 21.3 Å². The first kappa shape index (κ1) is 20.4. The lowest BCUT2D eigenvalue weighted by Gasteiger charge is -2.07. The number of thiocarbonyl (C=S) groups is 2. The van der Waals surface area contributed by atoms with Gasteiger partial charge in [-0.2, -0.15) is 0 Å². The molecule has 0 radical (unpaired) electrons. The van der Waals surface area contributed by atoms with E-state index >= 15 is 0 Å². The van der Waals surface area contributed by atoms with Crippen molar-refractivity contribution >= 4 is 56.2 Å². The molecule has 0 aliphatic rings. The topological polar surface area (TPSA) is 48.1 Å². The summed E-state index contributed by atoms with van der Waals surface area (Å²) in [5.41, 5.74) is 0. The molecule has 0 saturated carbocycles. The van der Waals surface area contributed by atoms with Gasteiger partial charge in [0.2, 0.25) is 0 Å². The van der Waals surface area contributed by atoms with Crippen molar-refractivity contribution in [1.82, 2.24) is 21.3 Å². The van der Waals surface area contributed by atoms with E-state index in [1.54, 1.807) is 0 Å². The van der Waals surface area contributed by atoms with Crippen LogP contribution in [0.15, 0.2) is 0 Å². The van der Waals surface area contributed by atoms with E-state index in [1.165, 1.54) is 0 Å². The molecule has 0 aromatic carbocycles. The minimum Gasteiger partial charge on any atom is -0.366 e. The first-order chi connectivity index (χ1) is 8.70. The second-order valence-electron chi connectivity index (χ2n) is 2.66. The van der Waals surface area contributed by atoms with Gasteiger partial charge in [-0.15, -0.1) is 0 Å². The van der Waals surface area contributed by atoms with E-state index < -0.39 is 0 Å². The van der Waals surface area contributed by atoms with Gasteiger partial charge >= 0.3 is 0 Å². The molecule has 108 valence electrons. The summed E-state index contributed by atoms with van der Waals surface area (Å²) in [6.07, 6.45) is 0. The third-order valence-corrected chi connectivity index (χ3v) is 4.58. The standard InChI is InChI=1S/C8H18N4S4.C2H6/c1-9-7(13)11-3-5-15-16-6-4-12-8(14)10-2;1-2/h3-6H2,1-2H3,(H2,9,11,13)(H2,10,12,14);1-2H3. The van der Waals surface area contributed by atoms with E-state index in [9.17, 15) is 0 Å². The molecule has 0 amide bonds. The Bertz CT molecular complexity index is 192. The summed E-state index contributed by atoms with van der Waals surface area (Å²) in [7, 11) is 7.28. The van der Waals surface area contributed by atoms with Gasteiger partial charge in [-0.05, 0) is 24.4 Å². The average molecular weight is 329 g/mol. The molecule has 0 aromatic rings. The Morgan fingerprint density at radius 1 is 0.833 bits per heavy atom. The summed E-state index contributed by atoms with van der Waals surface area (Å²) in [5.74, 6) is 2.06. The maximum Gasteiger partial charge on any atom is 0.166 e. The van der Waals surface area contributed by atoms with Crippen LogP contribution in [0.3, 0.4) is 0 Å². The van der Waals surface area contributed by atoms with E-state index in [-0.39, 0.29) is 0 Å². The van der Waals surface area contributed by atoms with Crippen LogP contribution in [0.2, 0.25) is 0 Å². The van der Waals surface area contributed by atoms with Crippen molar-refractivity contribution in [3.8, 4) is 0 Å². The van der Waals surface area contributed by atoms with Gasteiger partial charge in [-0.25, -0.2) is 0 Å². The maximum absolute atomic E-state index is 4.95. The molecule has 0 heterocycles. The Hall–Kier alpha value is 0.0800. The predicted molar refractivity (Wildman–Crippen MR) is 95.6 cm³/mol. The lowest BCUT2D eigenvalue weighted by molar-refractivity contribution is 0.943. The Balaban J connectivity index is 0. The molecule has 0 bridgehead atoms. The number of hydrogen-bond acceptors (Lipinski definition) is 4. The summed E-state index contributed by atoms with van der Waals surface area (Å²) in [5, 5.41) is 13.3. The van der Waals surface area contributed by atoms with E-state index in [0.717, 1.165) is 24.6 Å². The van der Waals surface area contributed by atoms with E-state index in [0.29, 0.717) is 10.2 Å². The molecule has 0 rings (SSSR count). The van der Waals surface area contributed by atoms with Gasteiger partial charge in [0.1, 0.15) is 0 Å². The molecular weight excluding hydrogens is 304 g/mol. The summed E-state index contributed by atoms with van der Waals surface area (Å²) >= 11 is 9.89. The van der Waals surface area contributed by atoms with Crippen LogP contribution < -0.4 is 21.3 Å². The number of hydrogen-bond donors (Lipinski definition) is 4. The van der Waals surface area contributed by atoms with Gasteiger partial charge < -0.3 is 21.3 Å². The fourth-order valence-corrected chi connectivity index (χ4v) is 2.72. The summed E-state index contributed by atoms with van der Waals surface area (Å²) in [6, 6.07) is 0. The molecule has 8 heteroatoms. The first-order valence-electron chi connectivity index (χ1n) is 5.86. The molecule has 0 fully saturated rings. The third kappa shape index (κ3) is 16.1. The average Bonchev–Trinajstić information content (AvgIpc) is 2.43. The van der Waals surface area contributed by atoms with Crippen molar-refractivity contribution in [3.63, 3.8) is 0 Å².